The Bertz CT molecular complexity index is 794. The molecule has 5 nitrogen and oxygen atoms in total. The van der Waals surface area contributed by atoms with Gasteiger partial charge in [-0.25, -0.2) is 0 Å². The number of β-amino-alcohol motifs (C(OH)–C–C–N with tert-alkyl or cyclic N) is 1. The molecule has 3 rings (SSSR count). The van der Waals surface area contributed by atoms with E-state index >= 15 is 0 Å². The van der Waals surface area contributed by atoms with Crippen LogP contribution in [-0.2, 0) is 13.1 Å². The van der Waals surface area contributed by atoms with Gasteiger partial charge in [0, 0.05) is 24.7 Å². The minimum Gasteiger partial charge on any atom is -0.493 e. The maximum atomic E-state index is 10.5. The van der Waals surface area contributed by atoms with E-state index in [0.29, 0.717) is 24.6 Å². The number of aliphatic hydroxyl groups excluding tert-OH is 1. The van der Waals surface area contributed by atoms with Crippen molar-refractivity contribution in [3.8, 4) is 11.5 Å². The Kier molecular flexibility index (Phi) is 9.94. The molecule has 2 aromatic carbocycles. The van der Waals surface area contributed by atoms with Crippen molar-refractivity contribution in [2.75, 3.05) is 33.4 Å². The van der Waals surface area contributed by atoms with Gasteiger partial charge in [-0.2, -0.15) is 0 Å². The summed E-state index contributed by atoms with van der Waals surface area (Å²) >= 11 is 6.05. The van der Waals surface area contributed by atoms with E-state index in [1.165, 1.54) is 32.1 Å². The number of likely N-dealkylation sites (tertiary alicyclic amines) is 1. The van der Waals surface area contributed by atoms with Crippen LogP contribution in [0.3, 0.4) is 0 Å². The van der Waals surface area contributed by atoms with Gasteiger partial charge in [-0.05, 0) is 61.3 Å². The molecular weight excluding hydrogens is 412 g/mol. The first-order chi connectivity index (χ1) is 15.1. The zero-order chi connectivity index (χ0) is 21.9. The number of rotatable bonds is 10. The van der Waals surface area contributed by atoms with E-state index in [9.17, 15) is 5.11 Å². The van der Waals surface area contributed by atoms with Crippen molar-refractivity contribution < 1.29 is 14.6 Å². The van der Waals surface area contributed by atoms with Gasteiger partial charge in [0.05, 0.1) is 7.11 Å². The van der Waals surface area contributed by atoms with Crippen molar-refractivity contribution in [2.45, 2.75) is 51.3 Å². The summed E-state index contributed by atoms with van der Waals surface area (Å²) in [5, 5.41) is 14.7. The van der Waals surface area contributed by atoms with Gasteiger partial charge in [0.25, 0.3) is 0 Å². The monoisotopic (exact) mass is 446 g/mol. The Labute approximate surface area is 191 Å². The zero-order valence-corrected chi connectivity index (χ0v) is 19.2. The topological polar surface area (TPSA) is 54.0 Å². The van der Waals surface area contributed by atoms with Crippen LogP contribution in [0.2, 0.25) is 5.02 Å². The normalized spacial score (nSPS) is 16.4. The molecule has 0 aromatic heterocycles. The van der Waals surface area contributed by atoms with Crippen LogP contribution < -0.4 is 14.8 Å². The summed E-state index contributed by atoms with van der Waals surface area (Å²) < 4.78 is 11.4. The Hall–Kier alpha value is -1.79. The van der Waals surface area contributed by atoms with Crippen LogP contribution in [0.15, 0.2) is 42.5 Å². The number of hydrogen-bond donors (Lipinski definition) is 2. The number of benzene rings is 2. The number of aliphatic hydroxyl groups is 1. The molecule has 0 radical (unpaired) electrons. The van der Waals surface area contributed by atoms with E-state index in [1.807, 2.05) is 36.4 Å². The average Bonchev–Trinajstić information content (AvgIpc) is 2.74. The standard InChI is InChI=1S/C25H35ClN2O3/c1-30-24-11-10-21(17-27-16-20-8-7-9-22(26)14-20)15-25(24)31-19-23(29)18-28-12-5-3-2-4-6-13-28/h7-11,14-15,23,27,29H,2-6,12-13,16-19H2,1H3. The predicted octanol–water partition coefficient (Wildman–Crippen LogP) is 4.64. The number of nitrogens with one attached hydrogen (secondary N) is 1. The van der Waals surface area contributed by atoms with Crippen molar-refractivity contribution in [3.05, 3.63) is 58.6 Å². The van der Waals surface area contributed by atoms with Crippen molar-refractivity contribution in [2.24, 2.45) is 0 Å². The first-order valence-corrected chi connectivity index (χ1v) is 11.7. The van der Waals surface area contributed by atoms with Crippen LogP contribution >= 0.6 is 11.6 Å². The van der Waals surface area contributed by atoms with E-state index in [2.05, 4.69) is 16.3 Å². The van der Waals surface area contributed by atoms with Crippen molar-refractivity contribution in [1.29, 1.82) is 0 Å². The molecule has 1 aliphatic heterocycles. The first kappa shape index (κ1) is 23.9. The average molecular weight is 447 g/mol. The second-order valence-corrected chi connectivity index (χ2v) is 8.69. The fraction of sp³-hybridized carbons (Fsp3) is 0.520. The number of hydrogen-bond acceptors (Lipinski definition) is 5. The lowest BCUT2D eigenvalue weighted by Gasteiger charge is -2.26. The van der Waals surface area contributed by atoms with Crippen LogP contribution in [0.25, 0.3) is 0 Å². The van der Waals surface area contributed by atoms with E-state index in [0.717, 1.165) is 35.8 Å². The Morgan fingerprint density at radius 3 is 2.39 bits per heavy atom. The molecule has 1 atom stereocenters. The molecule has 1 saturated heterocycles. The van der Waals surface area contributed by atoms with Crippen molar-refractivity contribution >= 4 is 11.6 Å². The molecule has 170 valence electrons. The molecule has 1 unspecified atom stereocenters. The van der Waals surface area contributed by atoms with Crippen LogP contribution in [0, 0.1) is 0 Å². The van der Waals surface area contributed by atoms with E-state index in [4.69, 9.17) is 21.1 Å². The van der Waals surface area contributed by atoms with Gasteiger partial charge in [-0.1, -0.05) is 49.1 Å². The predicted molar refractivity (Wildman–Crippen MR) is 126 cm³/mol. The second kappa shape index (κ2) is 12.9. The summed E-state index contributed by atoms with van der Waals surface area (Å²) in [6.07, 6.45) is 5.83. The van der Waals surface area contributed by atoms with Gasteiger partial charge < -0.3 is 24.8 Å². The Morgan fingerprint density at radius 2 is 1.68 bits per heavy atom. The zero-order valence-electron chi connectivity index (χ0n) is 18.5. The molecule has 0 aliphatic carbocycles. The highest BCUT2D eigenvalue weighted by Crippen LogP contribution is 2.28. The highest BCUT2D eigenvalue weighted by molar-refractivity contribution is 6.30. The summed E-state index contributed by atoms with van der Waals surface area (Å²) in [5.74, 6) is 1.34. The molecule has 31 heavy (non-hydrogen) atoms. The summed E-state index contributed by atoms with van der Waals surface area (Å²) in [6, 6.07) is 13.8. The first-order valence-electron chi connectivity index (χ1n) is 11.3. The Morgan fingerprint density at radius 1 is 0.968 bits per heavy atom. The smallest absolute Gasteiger partial charge is 0.161 e. The third kappa shape index (κ3) is 8.34. The Balaban J connectivity index is 1.49. The molecule has 1 aliphatic rings. The SMILES string of the molecule is COc1ccc(CNCc2cccc(Cl)c2)cc1OCC(O)CN1CCCCCCC1. The maximum absolute atomic E-state index is 10.5. The molecule has 0 saturated carbocycles. The molecule has 1 fully saturated rings. The minimum absolute atomic E-state index is 0.256. The fourth-order valence-corrected chi connectivity index (χ4v) is 4.19. The van der Waals surface area contributed by atoms with Gasteiger partial charge in [0.2, 0.25) is 0 Å². The lowest BCUT2D eigenvalue weighted by molar-refractivity contribution is 0.0644. The van der Waals surface area contributed by atoms with Crippen LogP contribution in [0.4, 0.5) is 0 Å². The number of ether oxygens (including phenoxy) is 2. The lowest BCUT2D eigenvalue weighted by Crippen LogP contribution is -2.37. The molecule has 0 spiro atoms. The molecule has 1 heterocycles. The van der Waals surface area contributed by atoms with Crippen molar-refractivity contribution in [1.82, 2.24) is 10.2 Å². The van der Waals surface area contributed by atoms with Crippen LogP contribution in [-0.4, -0.2) is 49.5 Å². The lowest BCUT2D eigenvalue weighted by atomic mass is 10.1. The fourth-order valence-electron chi connectivity index (χ4n) is 3.97. The highest BCUT2D eigenvalue weighted by atomic mass is 35.5. The molecule has 2 N–H and O–H groups in total. The van der Waals surface area contributed by atoms with E-state index in [1.54, 1.807) is 7.11 Å². The van der Waals surface area contributed by atoms with Gasteiger partial charge in [-0.15, -0.1) is 0 Å². The summed E-state index contributed by atoms with van der Waals surface area (Å²) in [5.41, 5.74) is 2.24. The quantitative estimate of drug-likeness (QED) is 0.556. The van der Waals surface area contributed by atoms with Crippen LogP contribution in [0.5, 0.6) is 11.5 Å². The third-order valence-corrected chi connectivity index (χ3v) is 5.86. The second-order valence-electron chi connectivity index (χ2n) is 8.25. The highest BCUT2D eigenvalue weighted by Gasteiger charge is 2.15. The van der Waals surface area contributed by atoms with Gasteiger partial charge in [0.15, 0.2) is 11.5 Å². The van der Waals surface area contributed by atoms with Crippen LogP contribution in [0.1, 0.15) is 43.2 Å². The molecule has 2 aromatic rings. The molecule has 0 bridgehead atoms. The van der Waals surface area contributed by atoms with E-state index in [-0.39, 0.29) is 6.61 Å². The van der Waals surface area contributed by atoms with E-state index < -0.39 is 6.10 Å². The number of nitrogens with zero attached hydrogens (tertiary/aromatic N) is 1. The molecule has 6 heteroatoms. The largest absolute Gasteiger partial charge is 0.493 e. The number of halogens is 1. The third-order valence-electron chi connectivity index (χ3n) is 5.62. The minimum atomic E-state index is -0.520. The number of methoxy groups -OCH3 is 1. The van der Waals surface area contributed by atoms with Crippen molar-refractivity contribution in [3.63, 3.8) is 0 Å². The van der Waals surface area contributed by atoms with Gasteiger partial charge >= 0.3 is 0 Å². The van der Waals surface area contributed by atoms with Gasteiger partial charge in [0.1, 0.15) is 12.7 Å². The summed E-state index contributed by atoms with van der Waals surface area (Å²) in [7, 11) is 1.63. The maximum Gasteiger partial charge on any atom is 0.161 e. The molecule has 0 amide bonds. The summed E-state index contributed by atoms with van der Waals surface area (Å²) in [6.45, 7) is 4.47. The van der Waals surface area contributed by atoms with Gasteiger partial charge in [-0.3, -0.25) is 0 Å². The summed E-state index contributed by atoms with van der Waals surface area (Å²) in [4.78, 5) is 2.36. The molecular formula is C25H35ClN2O3.